The molecule has 0 spiro atoms. The maximum atomic E-state index is 3.75. The van der Waals surface area contributed by atoms with E-state index in [1.165, 1.54) is 36.1 Å². The number of hydrogen-bond donors (Lipinski definition) is 1. The molecule has 118 valence electrons. The summed E-state index contributed by atoms with van der Waals surface area (Å²) in [4.78, 5) is 2.71. The number of benzene rings is 1. The van der Waals surface area contributed by atoms with Gasteiger partial charge in [-0.1, -0.05) is 51.0 Å². The van der Waals surface area contributed by atoms with Crippen LogP contribution in [0.3, 0.4) is 0 Å². The molecule has 0 radical (unpaired) electrons. The Morgan fingerprint density at radius 1 is 1.29 bits per heavy atom. The molecular formula is C19H32N2. The number of rotatable bonds is 5. The van der Waals surface area contributed by atoms with Crippen LogP contribution in [-0.2, 0) is 6.54 Å². The second kappa shape index (κ2) is 7.42. The lowest BCUT2D eigenvalue weighted by atomic mass is 9.95. The standard InChI is InChI=1S/C19H32N2/c1-6-7-18-13-21(19(11-20-18)14(2)3)12-17-10-15(4)8-9-16(17)5/h8-10,14,18-20H,6-7,11-13H2,1-5H3. The van der Waals surface area contributed by atoms with Crippen molar-refractivity contribution in [2.24, 2.45) is 5.92 Å². The lowest BCUT2D eigenvalue weighted by Crippen LogP contribution is -2.57. The third-order valence-electron chi connectivity index (χ3n) is 4.82. The minimum Gasteiger partial charge on any atom is -0.311 e. The van der Waals surface area contributed by atoms with Crippen molar-refractivity contribution in [3.63, 3.8) is 0 Å². The van der Waals surface area contributed by atoms with E-state index in [9.17, 15) is 0 Å². The van der Waals surface area contributed by atoms with E-state index >= 15 is 0 Å². The number of hydrogen-bond acceptors (Lipinski definition) is 2. The molecule has 1 aromatic carbocycles. The van der Waals surface area contributed by atoms with Crippen molar-refractivity contribution in [2.75, 3.05) is 13.1 Å². The Kier molecular flexibility index (Phi) is 5.83. The molecule has 1 saturated heterocycles. The Morgan fingerprint density at radius 2 is 2.05 bits per heavy atom. The van der Waals surface area contributed by atoms with E-state index < -0.39 is 0 Å². The van der Waals surface area contributed by atoms with Gasteiger partial charge in [-0.05, 0) is 37.3 Å². The minimum atomic E-state index is 0.651. The van der Waals surface area contributed by atoms with Crippen LogP contribution in [0.25, 0.3) is 0 Å². The van der Waals surface area contributed by atoms with Crippen LogP contribution in [0.5, 0.6) is 0 Å². The zero-order chi connectivity index (χ0) is 15.4. The Hall–Kier alpha value is -0.860. The average molecular weight is 288 g/mol. The van der Waals surface area contributed by atoms with Crippen LogP contribution in [0.15, 0.2) is 18.2 Å². The summed E-state index contributed by atoms with van der Waals surface area (Å²) < 4.78 is 0. The molecule has 1 heterocycles. The maximum absolute atomic E-state index is 3.75. The van der Waals surface area contributed by atoms with Crippen LogP contribution in [0.4, 0.5) is 0 Å². The Bertz CT molecular complexity index is 453. The van der Waals surface area contributed by atoms with Gasteiger partial charge in [-0.15, -0.1) is 0 Å². The molecule has 1 N–H and O–H groups in total. The molecule has 1 aromatic rings. The van der Waals surface area contributed by atoms with Crippen LogP contribution < -0.4 is 5.32 Å². The van der Waals surface area contributed by atoms with Gasteiger partial charge >= 0.3 is 0 Å². The van der Waals surface area contributed by atoms with Crippen LogP contribution in [0, 0.1) is 19.8 Å². The van der Waals surface area contributed by atoms with E-state index in [4.69, 9.17) is 0 Å². The quantitative estimate of drug-likeness (QED) is 0.884. The molecule has 1 fully saturated rings. The summed E-state index contributed by atoms with van der Waals surface area (Å²) in [6.07, 6.45) is 2.55. The van der Waals surface area contributed by atoms with Crippen LogP contribution in [0.1, 0.15) is 50.3 Å². The molecular weight excluding hydrogens is 256 g/mol. The number of nitrogens with zero attached hydrogens (tertiary/aromatic N) is 1. The van der Waals surface area contributed by atoms with Crippen molar-refractivity contribution in [3.8, 4) is 0 Å². The summed E-state index contributed by atoms with van der Waals surface area (Å²) in [5, 5.41) is 3.75. The fraction of sp³-hybridized carbons (Fsp3) is 0.684. The van der Waals surface area contributed by atoms with Crippen molar-refractivity contribution in [1.82, 2.24) is 10.2 Å². The average Bonchev–Trinajstić information content (AvgIpc) is 2.43. The first-order valence-electron chi connectivity index (χ1n) is 8.54. The molecule has 2 unspecified atom stereocenters. The Morgan fingerprint density at radius 3 is 2.71 bits per heavy atom. The van der Waals surface area contributed by atoms with E-state index in [-0.39, 0.29) is 0 Å². The summed E-state index contributed by atoms with van der Waals surface area (Å²) in [5.74, 6) is 0.699. The van der Waals surface area contributed by atoms with Crippen LogP contribution in [0.2, 0.25) is 0 Å². The highest BCUT2D eigenvalue weighted by Crippen LogP contribution is 2.21. The third-order valence-corrected chi connectivity index (χ3v) is 4.82. The largest absolute Gasteiger partial charge is 0.311 e. The highest BCUT2D eigenvalue weighted by Gasteiger charge is 2.29. The van der Waals surface area contributed by atoms with Gasteiger partial charge in [0.2, 0.25) is 0 Å². The topological polar surface area (TPSA) is 15.3 Å². The van der Waals surface area contributed by atoms with Crippen molar-refractivity contribution in [1.29, 1.82) is 0 Å². The van der Waals surface area contributed by atoms with E-state index in [0.29, 0.717) is 18.0 Å². The maximum Gasteiger partial charge on any atom is 0.0247 e. The molecule has 2 nitrogen and oxygen atoms in total. The van der Waals surface area contributed by atoms with Gasteiger partial charge in [0.15, 0.2) is 0 Å². The van der Waals surface area contributed by atoms with E-state index in [2.05, 4.69) is 63.0 Å². The van der Waals surface area contributed by atoms with Crippen molar-refractivity contribution in [3.05, 3.63) is 34.9 Å². The number of nitrogens with one attached hydrogen (secondary N) is 1. The summed E-state index contributed by atoms with van der Waals surface area (Å²) in [6, 6.07) is 8.16. The molecule has 1 aliphatic heterocycles. The fourth-order valence-electron chi connectivity index (χ4n) is 3.47. The molecule has 2 atom stereocenters. The van der Waals surface area contributed by atoms with Crippen molar-refractivity contribution < 1.29 is 0 Å². The van der Waals surface area contributed by atoms with Gasteiger partial charge in [-0.25, -0.2) is 0 Å². The highest BCUT2D eigenvalue weighted by atomic mass is 15.2. The summed E-state index contributed by atoms with van der Waals surface area (Å²) >= 11 is 0. The second-order valence-corrected chi connectivity index (χ2v) is 7.06. The lowest BCUT2D eigenvalue weighted by molar-refractivity contribution is 0.0883. The second-order valence-electron chi connectivity index (χ2n) is 7.06. The van der Waals surface area contributed by atoms with E-state index in [1.807, 2.05) is 0 Å². The molecule has 0 amide bonds. The molecule has 0 bridgehead atoms. The molecule has 21 heavy (non-hydrogen) atoms. The van der Waals surface area contributed by atoms with Crippen LogP contribution >= 0.6 is 0 Å². The van der Waals surface area contributed by atoms with Crippen molar-refractivity contribution >= 4 is 0 Å². The van der Waals surface area contributed by atoms with Gasteiger partial charge in [-0.2, -0.15) is 0 Å². The van der Waals surface area contributed by atoms with Gasteiger partial charge in [0.1, 0.15) is 0 Å². The molecule has 0 aromatic heterocycles. The normalized spacial score (nSPS) is 23.7. The molecule has 2 rings (SSSR count). The molecule has 1 aliphatic rings. The smallest absolute Gasteiger partial charge is 0.0247 e. The minimum absolute atomic E-state index is 0.651. The van der Waals surface area contributed by atoms with Crippen LogP contribution in [-0.4, -0.2) is 30.1 Å². The summed E-state index contributed by atoms with van der Waals surface area (Å²) in [7, 11) is 0. The Labute approximate surface area is 130 Å². The molecule has 2 heteroatoms. The zero-order valence-electron chi connectivity index (χ0n) is 14.4. The SMILES string of the molecule is CCCC1CN(Cc2cc(C)ccc2C)C(C(C)C)CN1. The van der Waals surface area contributed by atoms with E-state index in [0.717, 1.165) is 13.1 Å². The molecule has 0 aliphatic carbocycles. The number of aryl methyl sites for hydroxylation is 2. The monoisotopic (exact) mass is 288 g/mol. The number of piperazine rings is 1. The first kappa shape index (κ1) is 16.5. The first-order chi connectivity index (χ1) is 10.0. The van der Waals surface area contributed by atoms with Gasteiger partial charge < -0.3 is 5.32 Å². The van der Waals surface area contributed by atoms with Gasteiger partial charge in [-0.3, -0.25) is 4.90 Å². The Balaban J connectivity index is 2.13. The van der Waals surface area contributed by atoms with Gasteiger partial charge in [0.05, 0.1) is 0 Å². The van der Waals surface area contributed by atoms with Crippen molar-refractivity contribution in [2.45, 2.75) is 66.1 Å². The summed E-state index contributed by atoms with van der Waals surface area (Å²) in [6.45, 7) is 14.8. The highest BCUT2D eigenvalue weighted by molar-refractivity contribution is 5.30. The summed E-state index contributed by atoms with van der Waals surface area (Å²) in [5.41, 5.74) is 4.29. The predicted octanol–water partition coefficient (Wildman–Crippen LogP) is 3.90. The van der Waals surface area contributed by atoms with Gasteiger partial charge in [0.25, 0.3) is 0 Å². The fourth-order valence-corrected chi connectivity index (χ4v) is 3.47. The zero-order valence-corrected chi connectivity index (χ0v) is 14.4. The van der Waals surface area contributed by atoms with E-state index in [1.54, 1.807) is 0 Å². The lowest BCUT2D eigenvalue weighted by Gasteiger charge is -2.42. The first-order valence-corrected chi connectivity index (χ1v) is 8.54. The predicted molar refractivity (Wildman–Crippen MR) is 91.7 cm³/mol. The van der Waals surface area contributed by atoms with Gasteiger partial charge in [0, 0.05) is 31.7 Å². The third kappa shape index (κ3) is 4.31. The molecule has 0 saturated carbocycles.